The van der Waals surface area contributed by atoms with Gasteiger partial charge in [-0.05, 0) is 36.0 Å². The van der Waals surface area contributed by atoms with Crippen LogP contribution in [0.1, 0.15) is 18.4 Å². The number of aliphatic hydroxyl groups excluding tert-OH is 1. The highest BCUT2D eigenvalue weighted by Crippen LogP contribution is 2.43. The van der Waals surface area contributed by atoms with Crippen LogP contribution in [0.4, 0.5) is 0 Å². The second kappa shape index (κ2) is 4.16. The zero-order valence-corrected chi connectivity index (χ0v) is 8.67. The van der Waals surface area contributed by atoms with Crippen molar-refractivity contribution >= 4 is 17.2 Å². The summed E-state index contributed by atoms with van der Waals surface area (Å²) in [5, 5.41) is 9.72. The summed E-state index contributed by atoms with van der Waals surface area (Å²) in [5.41, 5.74) is 2.28. The summed E-state index contributed by atoms with van der Waals surface area (Å²) in [5.74, 6) is 0.613. The lowest BCUT2D eigenvalue weighted by Gasteiger charge is -2.07. The second-order valence-corrected chi connectivity index (χ2v) is 4.00. The molecule has 1 aromatic carbocycles. The van der Waals surface area contributed by atoms with Crippen molar-refractivity contribution in [3.05, 3.63) is 40.9 Å². The molecular weight excluding hydrogens is 196 g/mol. The van der Waals surface area contributed by atoms with Crippen LogP contribution >= 0.6 is 11.6 Å². The smallest absolute Gasteiger partial charge is 0.0618 e. The Morgan fingerprint density at radius 2 is 2.14 bits per heavy atom. The fourth-order valence-corrected chi connectivity index (χ4v) is 1.93. The molecular formula is C12H13ClO. The topological polar surface area (TPSA) is 20.2 Å². The van der Waals surface area contributed by atoms with Gasteiger partial charge in [0, 0.05) is 5.02 Å². The molecule has 14 heavy (non-hydrogen) atoms. The number of allylic oxidation sites excluding steroid dienone is 1. The first-order valence-corrected chi connectivity index (χ1v) is 5.26. The van der Waals surface area contributed by atoms with Crippen LogP contribution in [0.2, 0.25) is 5.02 Å². The molecule has 0 atom stereocenters. The van der Waals surface area contributed by atoms with Crippen molar-refractivity contribution in [2.75, 3.05) is 6.61 Å². The zero-order valence-electron chi connectivity index (χ0n) is 7.91. The summed E-state index contributed by atoms with van der Waals surface area (Å²) in [4.78, 5) is 0. The third kappa shape index (κ3) is 1.99. The molecule has 0 amide bonds. The molecule has 1 aliphatic carbocycles. The van der Waals surface area contributed by atoms with E-state index >= 15 is 0 Å². The predicted octanol–water partition coefficient (Wildman–Crippen LogP) is 3.13. The van der Waals surface area contributed by atoms with Gasteiger partial charge in [0.25, 0.3) is 0 Å². The molecule has 0 aromatic heterocycles. The molecule has 0 heterocycles. The van der Waals surface area contributed by atoms with E-state index in [0.717, 1.165) is 10.6 Å². The lowest BCUT2D eigenvalue weighted by Crippen LogP contribution is -1.90. The summed E-state index contributed by atoms with van der Waals surface area (Å²) in [6.45, 7) is 0.0943. The number of halogens is 1. The highest BCUT2D eigenvalue weighted by Gasteiger charge is 2.27. The van der Waals surface area contributed by atoms with Gasteiger partial charge in [0.15, 0.2) is 0 Å². The van der Waals surface area contributed by atoms with Crippen LogP contribution < -0.4 is 0 Å². The maximum Gasteiger partial charge on any atom is 0.0618 e. The lowest BCUT2D eigenvalue weighted by molar-refractivity contribution is 0.343. The Balaban J connectivity index is 2.35. The van der Waals surface area contributed by atoms with Gasteiger partial charge in [-0.15, -0.1) is 0 Å². The maximum absolute atomic E-state index is 8.95. The number of hydrogen-bond donors (Lipinski definition) is 1. The largest absolute Gasteiger partial charge is 0.392 e. The SMILES string of the molecule is OC/C=C(\c1ccccc1Cl)C1CC1. The normalized spacial score (nSPS) is 17.1. The minimum absolute atomic E-state index is 0.0943. The summed E-state index contributed by atoms with van der Waals surface area (Å²) in [7, 11) is 0. The van der Waals surface area contributed by atoms with Gasteiger partial charge in [-0.25, -0.2) is 0 Å². The Hall–Kier alpha value is -0.790. The van der Waals surface area contributed by atoms with Crippen LogP contribution in [0.25, 0.3) is 5.57 Å². The van der Waals surface area contributed by atoms with Crippen LogP contribution in [0.15, 0.2) is 30.3 Å². The van der Waals surface area contributed by atoms with Gasteiger partial charge < -0.3 is 5.11 Å². The highest BCUT2D eigenvalue weighted by molar-refractivity contribution is 6.32. The lowest BCUT2D eigenvalue weighted by atomic mass is 10.0. The molecule has 1 aromatic rings. The van der Waals surface area contributed by atoms with Crippen molar-refractivity contribution in [2.24, 2.45) is 5.92 Å². The summed E-state index contributed by atoms with van der Waals surface area (Å²) in [6, 6.07) is 7.82. The minimum atomic E-state index is 0.0943. The summed E-state index contributed by atoms with van der Waals surface area (Å²) >= 11 is 6.10. The van der Waals surface area contributed by atoms with Gasteiger partial charge in [0.2, 0.25) is 0 Å². The van der Waals surface area contributed by atoms with E-state index < -0.39 is 0 Å². The maximum atomic E-state index is 8.95. The van der Waals surface area contributed by atoms with Crippen LogP contribution in [0, 0.1) is 5.92 Å². The molecule has 0 bridgehead atoms. The first-order valence-electron chi connectivity index (χ1n) is 4.88. The van der Waals surface area contributed by atoms with Crippen molar-refractivity contribution in [1.82, 2.24) is 0 Å². The van der Waals surface area contributed by atoms with Gasteiger partial charge in [-0.3, -0.25) is 0 Å². The summed E-state index contributed by atoms with van der Waals surface area (Å²) in [6.07, 6.45) is 4.31. The van der Waals surface area contributed by atoms with Gasteiger partial charge >= 0.3 is 0 Å². The number of benzene rings is 1. The Labute approximate surface area is 89.0 Å². The van der Waals surface area contributed by atoms with Crippen molar-refractivity contribution in [3.63, 3.8) is 0 Å². The molecule has 2 rings (SSSR count). The highest BCUT2D eigenvalue weighted by atomic mass is 35.5. The van der Waals surface area contributed by atoms with Gasteiger partial charge in [0.1, 0.15) is 0 Å². The Morgan fingerprint density at radius 3 is 2.71 bits per heavy atom. The van der Waals surface area contributed by atoms with E-state index in [1.807, 2.05) is 30.3 Å². The van der Waals surface area contributed by atoms with Crippen LogP contribution in [0.5, 0.6) is 0 Å². The van der Waals surface area contributed by atoms with E-state index in [1.165, 1.54) is 18.4 Å². The van der Waals surface area contributed by atoms with Gasteiger partial charge in [-0.1, -0.05) is 35.9 Å². The minimum Gasteiger partial charge on any atom is -0.392 e. The Morgan fingerprint density at radius 1 is 1.43 bits per heavy atom. The molecule has 1 N–H and O–H groups in total. The molecule has 0 aliphatic heterocycles. The molecule has 0 saturated heterocycles. The fourth-order valence-electron chi connectivity index (χ4n) is 1.68. The standard InChI is InChI=1S/C12H13ClO/c13-12-4-2-1-3-11(12)10(7-8-14)9-5-6-9/h1-4,7,9,14H,5-6,8H2/b10-7-. The molecule has 1 nitrogen and oxygen atoms in total. The molecule has 1 aliphatic rings. The van der Waals surface area contributed by atoms with Gasteiger partial charge in [-0.2, -0.15) is 0 Å². The van der Waals surface area contributed by atoms with E-state index in [0.29, 0.717) is 5.92 Å². The fraction of sp³-hybridized carbons (Fsp3) is 0.333. The first kappa shape index (κ1) is 9.75. The van der Waals surface area contributed by atoms with Crippen molar-refractivity contribution in [2.45, 2.75) is 12.8 Å². The average Bonchev–Trinajstić information content (AvgIpc) is 2.99. The zero-order chi connectivity index (χ0) is 9.97. The molecule has 1 saturated carbocycles. The molecule has 2 heteroatoms. The van der Waals surface area contributed by atoms with Crippen LogP contribution in [-0.2, 0) is 0 Å². The third-order valence-electron chi connectivity index (χ3n) is 2.51. The molecule has 0 radical (unpaired) electrons. The van der Waals surface area contributed by atoms with Gasteiger partial charge in [0.05, 0.1) is 6.61 Å². The monoisotopic (exact) mass is 208 g/mol. The van der Waals surface area contributed by atoms with Crippen LogP contribution in [-0.4, -0.2) is 11.7 Å². The average molecular weight is 209 g/mol. The Bertz CT molecular complexity index is 353. The van der Waals surface area contributed by atoms with E-state index in [9.17, 15) is 0 Å². The van der Waals surface area contributed by atoms with Crippen molar-refractivity contribution in [1.29, 1.82) is 0 Å². The quantitative estimate of drug-likeness (QED) is 0.809. The molecule has 74 valence electrons. The van der Waals surface area contributed by atoms with E-state index in [4.69, 9.17) is 16.7 Å². The van der Waals surface area contributed by atoms with Crippen molar-refractivity contribution < 1.29 is 5.11 Å². The second-order valence-electron chi connectivity index (χ2n) is 3.60. The first-order chi connectivity index (χ1) is 6.83. The number of rotatable bonds is 3. The van der Waals surface area contributed by atoms with E-state index in [2.05, 4.69) is 0 Å². The van der Waals surface area contributed by atoms with Crippen molar-refractivity contribution in [3.8, 4) is 0 Å². The number of aliphatic hydroxyl groups is 1. The summed E-state index contributed by atoms with van der Waals surface area (Å²) < 4.78 is 0. The van der Waals surface area contributed by atoms with Crippen LogP contribution in [0.3, 0.4) is 0 Å². The van der Waals surface area contributed by atoms with E-state index in [1.54, 1.807) is 0 Å². The Kier molecular flexibility index (Phi) is 2.90. The third-order valence-corrected chi connectivity index (χ3v) is 2.84. The molecule has 1 fully saturated rings. The van der Waals surface area contributed by atoms with E-state index in [-0.39, 0.29) is 6.61 Å². The predicted molar refractivity (Wildman–Crippen MR) is 59.2 cm³/mol. The molecule has 0 spiro atoms. The molecule has 0 unspecified atom stereocenters. The number of hydrogen-bond acceptors (Lipinski definition) is 1.